The lowest BCUT2D eigenvalue weighted by molar-refractivity contribution is -0.129. The van der Waals surface area contributed by atoms with Gasteiger partial charge in [-0.05, 0) is 0 Å². The first kappa shape index (κ1) is 10.2. The second-order valence-electron chi connectivity index (χ2n) is 3.42. The minimum absolute atomic E-state index is 0.131. The SMILES string of the molecule is CC(=O)N1CCN(c2nnc(N)s2)CC1. The summed E-state index contributed by atoms with van der Waals surface area (Å²) in [7, 11) is 0. The minimum Gasteiger partial charge on any atom is -0.374 e. The van der Waals surface area contributed by atoms with Crippen molar-refractivity contribution >= 4 is 27.5 Å². The van der Waals surface area contributed by atoms with Gasteiger partial charge >= 0.3 is 0 Å². The Morgan fingerprint density at radius 1 is 1.33 bits per heavy atom. The van der Waals surface area contributed by atoms with E-state index < -0.39 is 0 Å². The Balaban J connectivity index is 1.96. The lowest BCUT2D eigenvalue weighted by atomic mass is 10.3. The minimum atomic E-state index is 0.131. The fraction of sp³-hybridized carbons (Fsp3) is 0.625. The van der Waals surface area contributed by atoms with E-state index >= 15 is 0 Å². The molecule has 6 nitrogen and oxygen atoms in total. The molecule has 0 aromatic carbocycles. The van der Waals surface area contributed by atoms with E-state index in [1.165, 1.54) is 11.3 Å². The molecule has 0 spiro atoms. The Morgan fingerprint density at radius 2 is 2.00 bits per heavy atom. The summed E-state index contributed by atoms with van der Waals surface area (Å²) in [5, 5.41) is 9.07. The zero-order valence-electron chi connectivity index (χ0n) is 8.51. The number of nitrogens with zero attached hydrogens (tertiary/aromatic N) is 4. The molecule has 2 rings (SSSR count). The molecule has 2 N–H and O–H groups in total. The van der Waals surface area contributed by atoms with E-state index in [-0.39, 0.29) is 5.91 Å². The van der Waals surface area contributed by atoms with Crippen molar-refractivity contribution in [3.05, 3.63) is 0 Å². The summed E-state index contributed by atoms with van der Waals surface area (Å²) in [5.74, 6) is 0.131. The molecule has 2 heterocycles. The Kier molecular flexibility index (Phi) is 2.72. The first-order chi connectivity index (χ1) is 7.16. The van der Waals surface area contributed by atoms with Crippen LogP contribution in [0.15, 0.2) is 0 Å². The molecule has 1 saturated heterocycles. The molecule has 1 aromatic rings. The zero-order chi connectivity index (χ0) is 10.8. The highest BCUT2D eigenvalue weighted by Crippen LogP contribution is 2.22. The lowest BCUT2D eigenvalue weighted by Crippen LogP contribution is -2.48. The molecule has 1 fully saturated rings. The number of hydrogen-bond acceptors (Lipinski definition) is 6. The molecule has 7 heteroatoms. The predicted molar refractivity (Wildman–Crippen MR) is 58.8 cm³/mol. The van der Waals surface area contributed by atoms with E-state index in [1.807, 2.05) is 4.90 Å². The maximum absolute atomic E-state index is 11.1. The summed E-state index contributed by atoms with van der Waals surface area (Å²) in [6.45, 7) is 4.69. The fourth-order valence-electron chi connectivity index (χ4n) is 1.57. The Bertz CT molecular complexity index is 358. The van der Waals surface area contributed by atoms with Crippen LogP contribution >= 0.6 is 11.3 Å². The van der Waals surface area contributed by atoms with Crippen LogP contribution in [0.2, 0.25) is 0 Å². The van der Waals surface area contributed by atoms with Gasteiger partial charge in [0.1, 0.15) is 0 Å². The summed E-state index contributed by atoms with van der Waals surface area (Å²) in [5.41, 5.74) is 5.51. The van der Waals surface area contributed by atoms with Crippen LogP contribution in [0.25, 0.3) is 0 Å². The normalized spacial score (nSPS) is 16.9. The summed E-state index contributed by atoms with van der Waals surface area (Å²) in [6, 6.07) is 0. The van der Waals surface area contributed by atoms with Gasteiger partial charge in [0.15, 0.2) is 0 Å². The highest BCUT2D eigenvalue weighted by molar-refractivity contribution is 7.18. The molecule has 1 aliphatic rings. The third-order valence-corrected chi connectivity index (χ3v) is 3.24. The number of anilines is 2. The molecule has 0 radical (unpaired) electrons. The Hall–Kier alpha value is -1.37. The van der Waals surface area contributed by atoms with Gasteiger partial charge in [0.05, 0.1) is 0 Å². The van der Waals surface area contributed by atoms with E-state index in [1.54, 1.807) is 6.92 Å². The Labute approximate surface area is 91.7 Å². The van der Waals surface area contributed by atoms with Gasteiger partial charge < -0.3 is 15.5 Å². The van der Waals surface area contributed by atoms with Crippen LogP contribution < -0.4 is 10.6 Å². The molecule has 0 unspecified atom stereocenters. The third kappa shape index (κ3) is 2.17. The van der Waals surface area contributed by atoms with E-state index in [4.69, 9.17) is 5.73 Å². The van der Waals surface area contributed by atoms with E-state index in [0.29, 0.717) is 5.13 Å². The molecule has 0 atom stereocenters. The average molecular weight is 227 g/mol. The van der Waals surface area contributed by atoms with Crippen LogP contribution in [0.3, 0.4) is 0 Å². The van der Waals surface area contributed by atoms with E-state index in [9.17, 15) is 4.79 Å². The number of carbonyl (C=O) groups is 1. The smallest absolute Gasteiger partial charge is 0.219 e. The van der Waals surface area contributed by atoms with Crippen molar-refractivity contribution in [3.63, 3.8) is 0 Å². The highest BCUT2D eigenvalue weighted by atomic mass is 32.1. The second-order valence-corrected chi connectivity index (χ2v) is 4.40. The van der Waals surface area contributed by atoms with Crippen LogP contribution in [0, 0.1) is 0 Å². The quantitative estimate of drug-likeness (QED) is 0.718. The number of carbonyl (C=O) groups excluding carboxylic acids is 1. The van der Waals surface area contributed by atoms with Gasteiger partial charge in [-0.2, -0.15) is 0 Å². The zero-order valence-corrected chi connectivity index (χ0v) is 9.33. The topological polar surface area (TPSA) is 75.4 Å². The van der Waals surface area contributed by atoms with Gasteiger partial charge in [0, 0.05) is 33.1 Å². The van der Waals surface area contributed by atoms with Crippen LogP contribution in [0.1, 0.15) is 6.92 Å². The Morgan fingerprint density at radius 3 is 2.47 bits per heavy atom. The number of hydrogen-bond donors (Lipinski definition) is 1. The van der Waals surface area contributed by atoms with Crippen molar-refractivity contribution in [1.29, 1.82) is 0 Å². The molecule has 0 saturated carbocycles. The molecular formula is C8H13N5OS. The summed E-state index contributed by atoms with van der Waals surface area (Å²) >= 11 is 1.38. The third-order valence-electron chi connectivity index (χ3n) is 2.43. The maximum Gasteiger partial charge on any atom is 0.219 e. The van der Waals surface area contributed by atoms with E-state index in [2.05, 4.69) is 15.1 Å². The molecule has 0 bridgehead atoms. The number of rotatable bonds is 1. The number of nitrogen functional groups attached to an aromatic ring is 1. The number of nitrogens with two attached hydrogens (primary N) is 1. The van der Waals surface area contributed by atoms with Crippen molar-refractivity contribution in [1.82, 2.24) is 15.1 Å². The van der Waals surface area contributed by atoms with Crippen LogP contribution in [0.5, 0.6) is 0 Å². The van der Waals surface area contributed by atoms with Gasteiger partial charge in [-0.3, -0.25) is 4.79 Å². The van der Waals surface area contributed by atoms with E-state index in [0.717, 1.165) is 31.3 Å². The maximum atomic E-state index is 11.1. The van der Waals surface area contributed by atoms with Crippen LogP contribution in [-0.2, 0) is 4.79 Å². The molecule has 15 heavy (non-hydrogen) atoms. The summed E-state index contributed by atoms with van der Waals surface area (Å²) < 4.78 is 0. The first-order valence-electron chi connectivity index (χ1n) is 4.76. The average Bonchev–Trinajstić information content (AvgIpc) is 2.65. The van der Waals surface area contributed by atoms with Crippen LogP contribution in [-0.4, -0.2) is 47.2 Å². The highest BCUT2D eigenvalue weighted by Gasteiger charge is 2.20. The molecule has 1 amide bonds. The molecular weight excluding hydrogens is 214 g/mol. The molecule has 1 aliphatic heterocycles. The second kappa shape index (κ2) is 4.01. The molecule has 1 aromatic heterocycles. The largest absolute Gasteiger partial charge is 0.374 e. The van der Waals surface area contributed by atoms with Gasteiger partial charge in [0.2, 0.25) is 16.2 Å². The van der Waals surface area contributed by atoms with Crippen molar-refractivity contribution < 1.29 is 4.79 Å². The van der Waals surface area contributed by atoms with Gasteiger partial charge in [0.25, 0.3) is 0 Å². The summed E-state index contributed by atoms with van der Waals surface area (Å²) in [4.78, 5) is 15.0. The standard InChI is InChI=1S/C8H13N5OS/c1-6(14)12-2-4-13(5-3-12)8-11-10-7(9)15-8/h2-5H2,1H3,(H2,9,10). The number of piperazine rings is 1. The number of amides is 1. The number of aromatic nitrogens is 2. The van der Waals surface area contributed by atoms with Crippen molar-refractivity contribution in [2.45, 2.75) is 6.92 Å². The van der Waals surface area contributed by atoms with Gasteiger partial charge in [-0.25, -0.2) is 0 Å². The van der Waals surface area contributed by atoms with Crippen molar-refractivity contribution in [2.75, 3.05) is 36.8 Å². The van der Waals surface area contributed by atoms with Crippen LogP contribution in [0.4, 0.5) is 10.3 Å². The van der Waals surface area contributed by atoms with Gasteiger partial charge in [-0.15, -0.1) is 10.2 Å². The monoisotopic (exact) mass is 227 g/mol. The van der Waals surface area contributed by atoms with Gasteiger partial charge in [-0.1, -0.05) is 11.3 Å². The summed E-state index contributed by atoms with van der Waals surface area (Å²) in [6.07, 6.45) is 0. The molecule has 0 aliphatic carbocycles. The lowest BCUT2D eigenvalue weighted by Gasteiger charge is -2.33. The van der Waals surface area contributed by atoms with Crippen molar-refractivity contribution in [3.8, 4) is 0 Å². The first-order valence-corrected chi connectivity index (χ1v) is 5.58. The molecule has 82 valence electrons. The predicted octanol–water partition coefficient (Wildman–Crippen LogP) is -0.211. The van der Waals surface area contributed by atoms with Crippen molar-refractivity contribution in [2.24, 2.45) is 0 Å². The fourth-order valence-corrected chi connectivity index (χ4v) is 2.23.